The van der Waals surface area contributed by atoms with Crippen molar-refractivity contribution in [2.45, 2.75) is 12.3 Å². The standard InChI is InChI=1S/C11H10BrClO3/c1-6(13)10(14)9-7(11(15)16-2)4-3-5-8(9)12/h3-6H,1-2H3. The molecular weight excluding hydrogens is 295 g/mol. The molecule has 0 heterocycles. The Labute approximate surface area is 107 Å². The highest BCUT2D eigenvalue weighted by Crippen LogP contribution is 2.24. The summed E-state index contributed by atoms with van der Waals surface area (Å²) in [6, 6.07) is 4.87. The highest BCUT2D eigenvalue weighted by Gasteiger charge is 2.23. The average Bonchev–Trinajstić information content (AvgIpc) is 2.26. The molecule has 0 amide bonds. The molecule has 0 aliphatic carbocycles. The molecule has 0 aromatic heterocycles. The number of halogens is 2. The van der Waals surface area contributed by atoms with Crippen molar-refractivity contribution >= 4 is 39.3 Å². The van der Waals surface area contributed by atoms with E-state index in [1.54, 1.807) is 19.1 Å². The molecule has 1 aromatic carbocycles. The zero-order valence-corrected chi connectivity index (χ0v) is 11.1. The molecule has 1 atom stereocenters. The molecule has 0 aliphatic heterocycles. The summed E-state index contributed by atoms with van der Waals surface area (Å²) in [4.78, 5) is 23.3. The van der Waals surface area contributed by atoms with E-state index in [0.717, 1.165) is 0 Å². The van der Waals surface area contributed by atoms with Crippen LogP contribution in [0.25, 0.3) is 0 Å². The van der Waals surface area contributed by atoms with Crippen molar-refractivity contribution in [3.05, 3.63) is 33.8 Å². The van der Waals surface area contributed by atoms with Gasteiger partial charge in [0, 0.05) is 10.0 Å². The van der Waals surface area contributed by atoms with E-state index >= 15 is 0 Å². The number of Topliss-reactive ketones (excluding diaryl/α,β-unsaturated/α-hetero) is 1. The zero-order chi connectivity index (χ0) is 12.3. The normalized spacial score (nSPS) is 12.0. The Morgan fingerprint density at radius 3 is 2.56 bits per heavy atom. The summed E-state index contributed by atoms with van der Waals surface area (Å²) in [6.07, 6.45) is 0. The molecule has 5 heteroatoms. The Bertz CT molecular complexity index is 429. The summed E-state index contributed by atoms with van der Waals surface area (Å²) < 4.78 is 5.14. The van der Waals surface area contributed by atoms with E-state index in [1.807, 2.05) is 0 Å². The molecule has 0 bridgehead atoms. The molecular formula is C11H10BrClO3. The highest BCUT2D eigenvalue weighted by molar-refractivity contribution is 9.10. The van der Waals surface area contributed by atoms with Crippen molar-refractivity contribution in [1.29, 1.82) is 0 Å². The van der Waals surface area contributed by atoms with E-state index in [4.69, 9.17) is 11.6 Å². The van der Waals surface area contributed by atoms with Gasteiger partial charge in [-0.05, 0) is 19.1 Å². The molecule has 0 fully saturated rings. The van der Waals surface area contributed by atoms with Crippen molar-refractivity contribution in [1.82, 2.24) is 0 Å². The van der Waals surface area contributed by atoms with Crippen LogP contribution in [0.15, 0.2) is 22.7 Å². The summed E-state index contributed by atoms with van der Waals surface area (Å²) in [5.41, 5.74) is 0.478. The van der Waals surface area contributed by atoms with Gasteiger partial charge in [-0.15, -0.1) is 11.6 Å². The Kier molecular flexibility index (Phi) is 4.50. The maximum atomic E-state index is 11.8. The lowest BCUT2D eigenvalue weighted by atomic mass is 10.0. The van der Waals surface area contributed by atoms with E-state index in [-0.39, 0.29) is 16.9 Å². The van der Waals surface area contributed by atoms with Crippen molar-refractivity contribution in [3.63, 3.8) is 0 Å². The Hall–Kier alpha value is -0.870. The number of methoxy groups -OCH3 is 1. The molecule has 1 rings (SSSR count). The van der Waals surface area contributed by atoms with Crippen LogP contribution in [0.2, 0.25) is 0 Å². The Morgan fingerprint density at radius 1 is 1.44 bits per heavy atom. The number of benzene rings is 1. The quantitative estimate of drug-likeness (QED) is 0.490. The third kappa shape index (κ3) is 2.62. The number of carbonyl (C=O) groups is 2. The zero-order valence-electron chi connectivity index (χ0n) is 8.79. The fraction of sp³-hybridized carbons (Fsp3) is 0.273. The maximum absolute atomic E-state index is 11.8. The number of rotatable bonds is 3. The van der Waals surface area contributed by atoms with Crippen molar-refractivity contribution < 1.29 is 14.3 Å². The number of hydrogen-bond donors (Lipinski definition) is 0. The van der Waals surface area contributed by atoms with Crippen LogP contribution >= 0.6 is 27.5 Å². The molecule has 16 heavy (non-hydrogen) atoms. The van der Waals surface area contributed by atoms with Gasteiger partial charge in [0.05, 0.1) is 18.1 Å². The number of ether oxygens (including phenoxy) is 1. The SMILES string of the molecule is COC(=O)c1cccc(Br)c1C(=O)C(C)Cl. The van der Waals surface area contributed by atoms with E-state index in [0.29, 0.717) is 4.47 Å². The van der Waals surface area contributed by atoms with Crippen LogP contribution in [-0.4, -0.2) is 24.2 Å². The molecule has 1 unspecified atom stereocenters. The topological polar surface area (TPSA) is 43.4 Å². The minimum Gasteiger partial charge on any atom is -0.465 e. The van der Waals surface area contributed by atoms with Crippen LogP contribution < -0.4 is 0 Å². The van der Waals surface area contributed by atoms with Crippen LogP contribution in [0.5, 0.6) is 0 Å². The van der Waals surface area contributed by atoms with Crippen LogP contribution in [0.4, 0.5) is 0 Å². The lowest BCUT2D eigenvalue weighted by Gasteiger charge is -2.10. The first-order chi connectivity index (χ1) is 7.49. The molecule has 0 saturated heterocycles. The summed E-state index contributed by atoms with van der Waals surface area (Å²) >= 11 is 8.96. The second-order valence-electron chi connectivity index (χ2n) is 3.13. The molecule has 1 aromatic rings. The summed E-state index contributed by atoms with van der Waals surface area (Å²) in [6.45, 7) is 1.56. The lowest BCUT2D eigenvalue weighted by Crippen LogP contribution is -2.17. The molecule has 0 N–H and O–H groups in total. The van der Waals surface area contributed by atoms with E-state index in [9.17, 15) is 9.59 Å². The van der Waals surface area contributed by atoms with Gasteiger partial charge in [-0.3, -0.25) is 4.79 Å². The van der Waals surface area contributed by atoms with Crippen molar-refractivity contribution in [3.8, 4) is 0 Å². The van der Waals surface area contributed by atoms with Crippen LogP contribution in [0.3, 0.4) is 0 Å². The monoisotopic (exact) mass is 304 g/mol. The first-order valence-corrected chi connectivity index (χ1v) is 5.77. The van der Waals surface area contributed by atoms with E-state index in [1.165, 1.54) is 13.2 Å². The van der Waals surface area contributed by atoms with Crippen LogP contribution in [-0.2, 0) is 4.74 Å². The lowest BCUT2D eigenvalue weighted by molar-refractivity contribution is 0.0597. The third-order valence-electron chi connectivity index (χ3n) is 2.03. The minimum absolute atomic E-state index is 0.217. The molecule has 0 saturated carbocycles. The molecule has 3 nitrogen and oxygen atoms in total. The fourth-order valence-electron chi connectivity index (χ4n) is 1.25. The minimum atomic E-state index is -0.692. The highest BCUT2D eigenvalue weighted by atomic mass is 79.9. The van der Waals surface area contributed by atoms with Crippen molar-refractivity contribution in [2.24, 2.45) is 0 Å². The van der Waals surface area contributed by atoms with Crippen LogP contribution in [0.1, 0.15) is 27.6 Å². The van der Waals surface area contributed by atoms with Gasteiger partial charge in [-0.25, -0.2) is 4.79 Å². The number of alkyl halides is 1. The second-order valence-corrected chi connectivity index (χ2v) is 4.64. The third-order valence-corrected chi connectivity index (χ3v) is 2.89. The van der Waals surface area contributed by atoms with Gasteiger partial charge in [0.2, 0.25) is 0 Å². The van der Waals surface area contributed by atoms with Gasteiger partial charge in [0.1, 0.15) is 0 Å². The fourth-order valence-corrected chi connectivity index (χ4v) is 1.92. The van der Waals surface area contributed by atoms with Gasteiger partial charge >= 0.3 is 5.97 Å². The molecule has 0 aliphatic rings. The number of esters is 1. The predicted molar refractivity (Wildman–Crippen MR) is 65.1 cm³/mol. The number of ketones is 1. The predicted octanol–water partition coefficient (Wildman–Crippen LogP) is 3.05. The summed E-state index contributed by atoms with van der Waals surface area (Å²) in [5, 5.41) is -0.692. The van der Waals surface area contributed by atoms with Crippen molar-refractivity contribution in [2.75, 3.05) is 7.11 Å². The Morgan fingerprint density at radius 2 is 2.06 bits per heavy atom. The van der Waals surface area contributed by atoms with E-state index < -0.39 is 11.3 Å². The van der Waals surface area contributed by atoms with Gasteiger partial charge in [-0.1, -0.05) is 22.0 Å². The molecule has 86 valence electrons. The van der Waals surface area contributed by atoms with Crippen LogP contribution in [0, 0.1) is 0 Å². The Balaban J connectivity index is 3.35. The number of hydrogen-bond acceptors (Lipinski definition) is 3. The van der Waals surface area contributed by atoms with E-state index in [2.05, 4.69) is 20.7 Å². The average molecular weight is 306 g/mol. The largest absolute Gasteiger partial charge is 0.465 e. The summed E-state index contributed by atoms with van der Waals surface area (Å²) in [7, 11) is 1.27. The van der Waals surface area contributed by atoms with Gasteiger partial charge in [-0.2, -0.15) is 0 Å². The van der Waals surface area contributed by atoms with Gasteiger partial charge < -0.3 is 4.74 Å². The first kappa shape index (κ1) is 13.2. The molecule has 0 radical (unpaired) electrons. The maximum Gasteiger partial charge on any atom is 0.338 e. The van der Waals surface area contributed by atoms with Gasteiger partial charge in [0.25, 0.3) is 0 Å². The second kappa shape index (κ2) is 5.46. The van der Waals surface area contributed by atoms with Gasteiger partial charge in [0.15, 0.2) is 5.78 Å². The number of carbonyl (C=O) groups excluding carboxylic acids is 2. The summed E-state index contributed by atoms with van der Waals surface area (Å²) in [5.74, 6) is -0.864. The smallest absolute Gasteiger partial charge is 0.338 e. The molecule has 0 spiro atoms. The first-order valence-electron chi connectivity index (χ1n) is 4.54.